The van der Waals surface area contributed by atoms with Crippen LogP contribution in [0.1, 0.15) is 22.3 Å². The largest absolute Gasteiger partial charge is 0.384 e. The lowest BCUT2D eigenvalue weighted by Gasteiger charge is -2.12. The van der Waals surface area contributed by atoms with Crippen LogP contribution in [0.2, 0.25) is 0 Å². The van der Waals surface area contributed by atoms with Crippen molar-refractivity contribution >= 4 is 5.91 Å². The number of hydrogen-bond donors (Lipinski definition) is 2. The first-order chi connectivity index (χ1) is 10.1. The Hall–Kier alpha value is -1.90. The summed E-state index contributed by atoms with van der Waals surface area (Å²) in [4.78, 5) is 14.2. The smallest absolute Gasteiger partial charge is 0.254 e. The van der Waals surface area contributed by atoms with Crippen LogP contribution in [0, 0.1) is 23.6 Å². The topological polar surface area (TPSA) is 52.6 Å². The van der Waals surface area contributed by atoms with E-state index in [-0.39, 0.29) is 12.2 Å². The SMILES string of the molecule is CN1CCC(CNC(=O)c2ccc(C#CCO)cc2F)C1. The number of nitrogens with one attached hydrogen (secondary N) is 1. The minimum Gasteiger partial charge on any atom is -0.384 e. The van der Waals surface area contributed by atoms with Crippen molar-refractivity contribution in [1.82, 2.24) is 10.2 Å². The van der Waals surface area contributed by atoms with Crippen molar-refractivity contribution in [2.75, 3.05) is 33.3 Å². The minimum atomic E-state index is -0.597. The molecule has 21 heavy (non-hydrogen) atoms. The summed E-state index contributed by atoms with van der Waals surface area (Å²) in [5, 5.41) is 11.4. The molecule has 2 rings (SSSR count). The molecule has 2 N–H and O–H groups in total. The van der Waals surface area contributed by atoms with Crippen molar-refractivity contribution in [3.8, 4) is 11.8 Å². The monoisotopic (exact) mass is 290 g/mol. The molecule has 0 saturated carbocycles. The van der Waals surface area contributed by atoms with Crippen molar-refractivity contribution in [2.24, 2.45) is 5.92 Å². The summed E-state index contributed by atoms with van der Waals surface area (Å²) < 4.78 is 13.9. The first-order valence-corrected chi connectivity index (χ1v) is 6.96. The van der Waals surface area contributed by atoms with Crippen LogP contribution in [-0.4, -0.2) is 49.2 Å². The Morgan fingerprint density at radius 3 is 3.00 bits per heavy atom. The fourth-order valence-corrected chi connectivity index (χ4v) is 2.44. The van der Waals surface area contributed by atoms with E-state index < -0.39 is 11.7 Å². The van der Waals surface area contributed by atoms with Crippen LogP contribution >= 0.6 is 0 Å². The third kappa shape index (κ3) is 4.28. The third-order valence-corrected chi connectivity index (χ3v) is 3.57. The Morgan fingerprint density at radius 1 is 1.57 bits per heavy atom. The molecule has 1 heterocycles. The number of hydrogen-bond acceptors (Lipinski definition) is 3. The molecule has 1 atom stereocenters. The van der Waals surface area contributed by atoms with E-state index in [2.05, 4.69) is 22.1 Å². The molecule has 4 nitrogen and oxygen atoms in total. The van der Waals surface area contributed by atoms with E-state index in [9.17, 15) is 9.18 Å². The Morgan fingerprint density at radius 2 is 2.38 bits per heavy atom. The normalized spacial score (nSPS) is 18.1. The van der Waals surface area contributed by atoms with Crippen molar-refractivity contribution in [2.45, 2.75) is 6.42 Å². The molecule has 0 aliphatic carbocycles. The van der Waals surface area contributed by atoms with Gasteiger partial charge in [0.15, 0.2) is 0 Å². The van der Waals surface area contributed by atoms with Gasteiger partial charge in [-0.1, -0.05) is 11.8 Å². The molecule has 1 aromatic carbocycles. The van der Waals surface area contributed by atoms with Gasteiger partial charge in [0, 0.05) is 18.7 Å². The maximum atomic E-state index is 13.9. The van der Waals surface area contributed by atoms with E-state index >= 15 is 0 Å². The molecule has 1 fully saturated rings. The summed E-state index contributed by atoms with van der Waals surface area (Å²) in [5.41, 5.74) is 0.464. The minimum absolute atomic E-state index is 0.0240. The average Bonchev–Trinajstić information content (AvgIpc) is 2.88. The highest BCUT2D eigenvalue weighted by atomic mass is 19.1. The predicted octanol–water partition coefficient (Wildman–Crippen LogP) is 0.851. The summed E-state index contributed by atoms with van der Waals surface area (Å²) in [6.45, 7) is 2.28. The second-order valence-electron chi connectivity index (χ2n) is 5.28. The molecule has 1 aromatic rings. The second-order valence-corrected chi connectivity index (χ2v) is 5.28. The van der Waals surface area contributed by atoms with Crippen molar-refractivity contribution in [3.63, 3.8) is 0 Å². The lowest BCUT2D eigenvalue weighted by atomic mass is 10.1. The summed E-state index contributed by atoms with van der Waals surface area (Å²) in [6, 6.07) is 4.21. The van der Waals surface area contributed by atoms with Gasteiger partial charge in [0.1, 0.15) is 12.4 Å². The van der Waals surface area contributed by atoms with Gasteiger partial charge in [-0.15, -0.1) is 0 Å². The van der Waals surface area contributed by atoms with Gasteiger partial charge in [0.25, 0.3) is 5.91 Å². The molecule has 1 aliphatic heterocycles. The van der Waals surface area contributed by atoms with E-state index in [1.54, 1.807) is 6.07 Å². The van der Waals surface area contributed by atoms with Crippen LogP contribution in [-0.2, 0) is 0 Å². The summed E-state index contributed by atoms with van der Waals surface area (Å²) in [7, 11) is 2.05. The number of carbonyl (C=O) groups excluding carboxylic acids is 1. The van der Waals surface area contributed by atoms with Crippen LogP contribution in [0.15, 0.2) is 18.2 Å². The maximum absolute atomic E-state index is 13.9. The zero-order valence-corrected chi connectivity index (χ0v) is 12.0. The third-order valence-electron chi connectivity index (χ3n) is 3.57. The molecule has 1 amide bonds. The van der Waals surface area contributed by atoms with Crippen LogP contribution in [0.4, 0.5) is 4.39 Å². The highest BCUT2D eigenvalue weighted by Crippen LogP contribution is 2.14. The number of likely N-dealkylation sites (tertiary alicyclic amines) is 1. The lowest BCUT2D eigenvalue weighted by molar-refractivity contribution is 0.0943. The zero-order chi connectivity index (χ0) is 15.2. The quantitative estimate of drug-likeness (QED) is 0.812. The molecule has 1 aliphatic rings. The van der Waals surface area contributed by atoms with Crippen molar-refractivity contribution in [3.05, 3.63) is 35.1 Å². The number of halogens is 1. The number of nitrogens with zero attached hydrogens (tertiary/aromatic N) is 1. The molecule has 0 aromatic heterocycles. The molecule has 1 saturated heterocycles. The number of rotatable bonds is 3. The van der Waals surface area contributed by atoms with Crippen LogP contribution in [0.5, 0.6) is 0 Å². The van der Waals surface area contributed by atoms with Crippen molar-refractivity contribution in [1.29, 1.82) is 0 Å². The predicted molar refractivity (Wildman–Crippen MR) is 78.3 cm³/mol. The van der Waals surface area contributed by atoms with Gasteiger partial charge in [0.05, 0.1) is 5.56 Å². The molecule has 0 spiro atoms. The van der Waals surface area contributed by atoms with Crippen LogP contribution in [0.25, 0.3) is 0 Å². The number of aliphatic hydroxyl groups excluding tert-OH is 1. The van der Waals surface area contributed by atoms with E-state index in [4.69, 9.17) is 5.11 Å². The highest BCUT2D eigenvalue weighted by Gasteiger charge is 2.20. The summed E-state index contributed by atoms with van der Waals surface area (Å²) in [6.07, 6.45) is 1.05. The Bertz CT molecular complexity index is 577. The average molecular weight is 290 g/mol. The van der Waals surface area contributed by atoms with E-state index in [0.29, 0.717) is 18.0 Å². The maximum Gasteiger partial charge on any atom is 0.254 e. The molecular formula is C16H19FN2O2. The molecule has 1 unspecified atom stereocenters. The van der Waals surface area contributed by atoms with Crippen molar-refractivity contribution < 1.29 is 14.3 Å². The standard InChI is InChI=1S/C16H19FN2O2/c1-19-7-6-13(11-19)10-18-16(21)14-5-4-12(3-2-8-20)9-15(14)17/h4-5,9,13,20H,6-8,10-11H2,1H3,(H,18,21). The summed E-state index contributed by atoms with van der Waals surface area (Å²) in [5.74, 6) is 4.48. The molecule has 5 heteroatoms. The fraction of sp³-hybridized carbons (Fsp3) is 0.438. The van der Waals surface area contributed by atoms with Gasteiger partial charge in [-0.2, -0.15) is 0 Å². The molecular weight excluding hydrogens is 271 g/mol. The van der Waals surface area contributed by atoms with Gasteiger partial charge in [-0.25, -0.2) is 4.39 Å². The summed E-state index contributed by atoms with van der Waals surface area (Å²) >= 11 is 0. The lowest BCUT2D eigenvalue weighted by Crippen LogP contribution is -2.31. The van der Waals surface area contributed by atoms with Crippen LogP contribution < -0.4 is 5.32 Å². The second kappa shape index (κ2) is 7.21. The van der Waals surface area contributed by atoms with Gasteiger partial charge < -0.3 is 15.3 Å². The highest BCUT2D eigenvalue weighted by molar-refractivity contribution is 5.94. The first-order valence-electron chi connectivity index (χ1n) is 6.96. The van der Waals surface area contributed by atoms with E-state index in [0.717, 1.165) is 19.5 Å². The zero-order valence-electron chi connectivity index (χ0n) is 12.0. The first kappa shape index (κ1) is 15.5. The number of aliphatic hydroxyl groups is 1. The van der Waals surface area contributed by atoms with Gasteiger partial charge in [0.2, 0.25) is 0 Å². The van der Waals surface area contributed by atoms with Crippen LogP contribution in [0.3, 0.4) is 0 Å². The van der Waals surface area contributed by atoms with Gasteiger partial charge in [-0.05, 0) is 44.1 Å². The molecule has 0 radical (unpaired) electrons. The van der Waals surface area contributed by atoms with E-state index in [1.165, 1.54) is 12.1 Å². The van der Waals surface area contributed by atoms with Gasteiger partial charge in [-0.3, -0.25) is 4.79 Å². The van der Waals surface area contributed by atoms with Gasteiger partial charge >= 0.3 is 0 Å². The molecule has 112 valence electrons. The Kier molecular flexibility index (Phi) is 5.32. The number of benzene rings is 1. The molecule has 0 bridgehead atoms. The fourth-order valence-electron chi connectivity index (χ4n) is 2.44. The number of carbonyl (C=O) groups is 1. The Labute approximate surface area is 124 Å². The Balaban J connectivity index is 1.96. The number of amides is 1. The van der Waals surface area contributed by atoms with E-state index in [1.807, 2.05) is 7.05 Å².